The molecule has 1 unspecified atom stereocenters. The number of anilines is 1. The van der Waals surface area contributed by atoms with Gasteiger partial charge in [0, 0.05) is 0 Å². The molecular weight excluding hydrogens is 144 g/mol. The molecule has 5 nitrogen and oxygen atoms in total. The van der Waals surface area contributed by atoms with Crippen LogP contribution in [0.2, 0.25) is 0 Å². The number of nitrogens with two attached hydrogens (primary N) is 1. The Morgan fingerprint density at radius 1 is 1.36 bits per heavy atom. The number of aryl methyl sites for hydroxylation is 1. The minimum absolute atomic E-state index is 0.147. The van der Waals surface area contributed by atoms with E-state index in [1.165, 1.54) is 0 Å². The van der Waals surface area contributed by atoms with Crippen LogP contribution < -0.4 is 5.73 Å². The van der Waals surface area contributed by atoms with Gasteiger partial charge in [-0.3, -0.25) is 0 Å². The van der Waals surface area contributed by atoms with Gasteiger partial charge in [0.25, 0.3) is 0 Å². The molecular formula is C6H10N4O. The number of hydrogen-bond acceptors (Lipinski definition) is 5. The zero-order valence-corrected chi connectivity index (χ0v) is 6.44. The maximum absolute atomic E-state index is 9.06. The highest BCUT2D eigenvalue weighted by Gasteiger charge is 2.05. The second kappa shape index (κ2) is 2.79. The molecule has 1 heterocycles. The largest absolute Gasteiger partial charge is 0.385 e. The van der Waals surface area contributed by atoms with Crippen molar-refractivity contribution in [3.8, 4) is 0 Å². The monoisotopic (exact) mass is 154 g/mol. The molecule has 0 radical (unpaired) electrons. The van der Waals surface area contributed by atoms with Gasteiger partial charge in [-0.25, -0.2) is 4.98 Å². The Bertz CT molecular complexity index is 241. The Hall–Kier alpha value is -1.23. The fourth-order valence-corrected chi connectivity index (χ4v) is 0.711. The van der Waals surface area contributed by atoms with E-state index in [2.05, 4.69) is 15.0 Å². The lowest BCUT2D eigenvalue weighted by molar-refractivity contribution is 0.188. The maximum atomic E-state index is 9.06. The Kier molecular flexibility index (Phi) is 2.00. The first-order valence-corrected chi connectivity index (χ1v) is 3.25. The number of nitrogens with zero attached hydrogens (tertiary/aromatic N) is 3. The Labute approximate surface area is 64.3 Å². The number of hydrogen-bond donors (Lipinski definition) is 2. The SMILES string of the molecule is Cc1nc(N)nc(C(C)O)n1. The van der Waals surface area contributed by atoms with Crippen LogP contribution in [0.25, 0.3) is 0 Å². The number of aromatic nitrogens is 3. The average molecular weight is 154 g/mol. The summed E-state index contributed by atoms with van der Waals surface area (Å²) in [7, 11) is 0. The summed E-state index contributed by atoms with van der Waals surface area (Å²) < 4.78 is 0. The number of rotatable bonds is 1. The van der Waals surface area contributed by atoms with Crippen LogP contribution in [0.3, 0.4) is 0 Å². The van der Waals surface area contributed by atoms with Crippen LogP contribution in [0, 0.1) is 6.92 Å². The van der Waals surface area contributed by atoms with Crippen molar-refractivity contribution in [1.82, 2.24) is 15.0 Å². The summed E-state index contributed by atoms with van der Waals surface area (Å²) in [5.41, 5.74) is 5.32. The highest BCUT2D eigenvalue weighted by atomic mass is 16.3. The van der Waals surface area contributed by atoms with E-state index < -0.39 is 6.10 Å². The molecule has 0 fully saturated rings. The van der Waals surface area contributed by atoms with E-state index in [0.717, 1.165) is 0 Å². The van der Waals surface area contributed by atoms with Gasteiger partial charge in [0.15, 0.2) is 5.82 Å². The van der Waals surface area contributed by atoms with Crippen LogP contribution in [0.15, 0.2) is 0 Å². The van der Waals surface area contributed by atoms with Crippen LogP contribution in [0.1, 0.15) is 24.7 Å². The lowest BCUT2D eigenvalue weighted by Gasteiger charge is -2.02. The molecule has 1 aromatic heterocycles. The van der Waals surface area contributed by atoms with Gasteiger partial charge >= 0.3 is 0 Å². The predicted octanol–water partition coefficient (Wildman–Crippen LogP) is -0.184. The first-order chi connectivity index (χ1) is 5.09. The second-order valence-electron chi connectivity index (χ2n) is 2.27. The van der Waals surface area contributed by atoms with Gasteiger partial charge < -0.3 is 10.8 Å². The first-order valence-electron chi connectivity index (χ1n) is 3.25. The summed E-state index contributed by atoms with van der Waals surface area (Å²) in [6.45, 7) is 3.28. The molecule has 0 aromatic carbocycles. The van der Waals surface area contributed by atoms with Gasteiger partial charge in [-0.15, -0.1) is 0 Å². The number of aliphatic hydroxyl groups excluding tert-OH is 1. The third kappa shape index (κ3) is 1.84. The van der Waals surface area contributed by atoms with Gasteiger partial charge in [0.1, 0.15) is 11.9 Å². The molecule has 11 heavy (non-hydrogen) atoms. The van der Waals surface area contributed by atoms with Crippen LogP contribution in [-0.4, -0.2) is 20.1 Å². The van der Waals surface area contributed by atoms with Crippen LogP contribution in [0.4, 0.5) is 5.95 Å². The van der Waals surface area contributed by atoms with Gasteiger partial charge in [-0.2, -0.15) is 9.97 Å². The number of nitrogen functional groups attached to an aromatic ring is 1. The van der Waals surface area contributed by atoms with Crippen molar-refractivity contribution in [2.45, 2.75) is 20.0 Å². The van der Waals surface area contributed by atoms with Crippen molar-refractivity contribution in [3.63, 3.8) is 0 Å². The molecule has 0 aliphatic carbocycles. The summed E-state index contributed by atoms with van der Waals surface area (Å²) >= 11 is 0. The Morgan fingerprint density at radius 2 is 2.00 bits per heavy atom. The van der Waals surface area contributed by atoms with Crippen LogP contribution >= 0.6 is 0 Å². The van der Waals surface area contributed by atoms with Gasteiger partial charge in [0.05, 0.1) is 0 Å². The Morgan fingerprint density at radius 3 is 2.45 bits per heavy atom. The summed E-state index contributed by atoms with van der Waals surface area (Å²) in [6, 6.07) is 0. The maximum Gasteiger partial charge on any atom is 0.223 e. The molecule has 1 aromatic rings. The average Bonchev–Trinajstić information content (AvgIpc) is 1.85. The van der Waals surface area contributed by atoms with E-state index in [1.807, 2.05) is 0 Å². The molecule has 1 rings (SSSR count). The third-order valence-electron chi connectivity index (χ3n) is 1.16. The zero-order valence-electron chi connectivity index (χ0n) is 6.44. The molecule has 3 N–H and O–H groups in total. The van der Waals surface area contributed by atoms with Crippen LogP contribution in [0.5, 0.6) is 0 Å². The zero-order chi connectivity index (χ0) is 8.43. The van der Waals surface area contributed by atoms with Gasteiger partial charge in [0.2, 0.25) is 5.95 Å². The lowest BCUT2D eigenvalue weighted by atomic mass is 10.4. The molecule has 0 aliphatic rings. The molecule has 0 aliphatic heterocycles. The highest BCUT2D eigenvalue weighted by Crippen LogP contribution is 2.05. The van der Waals surface area contributed by atoms with E-state index in [1.54, 1.807) is 13.8 Å². The molecule has 5 heteroatoms. The van der Waals surface area contributed by atoms with E-state index in [0.29, 0.717) is 11.6 Å². The van der Waals surface area contributed by atoms with Crippen molar-refractivity contribution in [3.05, 3.63) is 11.6 Å². The molecule has 0 amide bonds. The van der Waals surface area contributed by atoms with Crippen molar-refractivity contribution in [2.75, 3.05) is 5.73 Å². The molecule has 0 saturated carbocycles. The topological polar surface area (TPSA) is 84.9 Å². The second-order valence-corrected chi connectivity index (χ2v) is 2.27. The van der Waals surface area contributed by atoms with Crippen LogP contribution in [-0.2, 0) is 0 Å². The molecule has 60 valence electrons. The molecule has 0 bridgehead atoms. The summed E-state index contributed by atoms with van der Waals surface area (Å²) in [6.07, 6.45) is -0.695. The minimum Gasteiger partial charge on any atom is -0.385 e. The minimum atomic E-state index is -0.695. The predicted molar refractivity (Wildman–Crippen MR) is 39.6 cm³/mol. The third-order valence-corrected chi connectivity index (χ3v) is 1.16. The van der Waals surface area contributed by atoms with Crippen molar-refractivity contribution < 1.29 is 5.11 Å². The normalized spacial score (nSPS) is 13.0. The standard InChI is InChI=1S/C6H10N4O/c1-3(11)5-8-4(2)9-6(7)10-5/h3,11H,1-2H3,(H2,7,8,9,10). The Balaban J connectivity index is 3.08. The fourth-order valence-electron chi connectivity index (χ4n) is 0.711. The molecule has 0 saturated heterocycles. The van der Waals surface area contributed by atoms with E-state index in [4.69, 9.17) is 10.8 Å². The molecule has 1 atom stereocenters. The first kappa shape index (κ1) is 7.87. The highest BCUT2D eigenvalue weighted by molar-refractivity contribution is 5.15. The summed E-state index contributed by atoms with van der Waals surface area (Å²) in [5.74, 6) is 0.983. The molecule has 0 spiro atoms. The summed E-state index contributed by atoms with van der Waals surface area (Å²) in [4.78, 5) is 11.4. The fraction of sp³-hybridized carbons (Fsp3) is 0.500. The van der Waals surface area contributed by atoms with E-state index in [9.17, 15) is 0 Å². The van der Waals surface area contributed by atoms with E-state index in [-0.39, 0.29) is 5.95 Å². The smallest absolute Gasteiger partial charge is 0.223 e. The van der Waals surface area contributed by atoms with Gasteiger partial charge in [-0.05, 0) is 13.8 Å². The van der Waals surface area contributed by atoms with Crippen molar-refractivity contribution in [1.29, 1.82) is 0 Å². The number of aliphatic hydroxyl groups is 1. The van der Waals surface area contributed by atoms with Crippen molar-refractivity contribution in [2.24, 2.45) is 0 Å². The van der Waals surface area contributed by atoms with Crippen molar-refractivity contribution >= 4 is 5.95 Å². The lowest BCUT2D eigenvalue weighted by Crippen LogP contribution is -2.07. The quantitative estimate of drug-likeness (QED) is 0.586. The summed E-state index contributed by atoms with van der Waals surface area (Å²) in [5, 5.41) is 9.06. The van der Waals surface area contributed by atoms with Gasteiger partial charge in [-0.1, -0.05) is 0 Å². The van der Waals surface area contributed by atoms with E-state index >= 15 is 0 Å².